The Hall–Kier alpha value is -3.61. The molecule has 2 aromatic heterocycles. The number of methoxy groups -OCH3 is 1. The molecule has 3 aromatic rings. The standard InChI is InChI=1S/C24H26N2O5/c1-16(2)14-30-20-10-8-18(12-21(20)29-4)9-11-24(28)31-15-19-13-23(27)26-17(3)6-5-7-22(26)25-19/h5-13,16H,14-15H2,1-4H3/b11-9+. The van der Waals surface area contributed by atoms with Crippen LogP contribution < -0.4 is 15.0 Å². The first-order chi connectivity index (χ1) is 14.9. The number of carbonyl (C=O) groups is 1. The SMILES string of the molecule is COc1cc(/C=C/C(=O)OCc2cc(=O)n3c(C)cccc3n2)ccc1OCC(C)C. The fourth-order valence-corrected chi connectivity index (χ4v) is 2.96. The number of fused-ring (bicyclic) bond motifs is 1. The molecule has 2 heterocycles. The quantitative estimate of drug-likeness (QED) is 0.406. The summed E-state index contributed by atoms with van der Waals surface area (Å²) < 4.78 is 17.8. The predicted molar refractivity (Wildman–Crippen MR) is 118 cm³/mol. The Kier molecular flexibility index (Phi) is 7.07. The van der Waals surface area contributed by atoms with Gasteiger partial charge in [-0.1, -0.05) is 26.0 Å². The van der Waals surface area contributed by atoms with Crippen molar-refractivity contribution in [3.63, 3.8) is 0 Å². The highest BCUT2D eigenvalue weighted by Crippen LogP contribution is 2.29. The molecule has 1 aromatic carbocycles. The minimum atomic E-state index is -0.537. The monoisotopic (exact) mass is 422 g/mol. The number of carbonyl (C=O) groups excluding carboxylic acids is 1. The second-order valence-corrected chi connectivity index (χ2v) is 7.50. The number of pyridine rings is 1. The van der Waals surface area contributed by atoms with Gasteiger partial charge in [-0.25, -0.2) is 9.78 Å². The van der Waals surface area contributed by atoms with Crippen LogP contribution in [-0.2, 0) is 16.1 Å². The van der Waals surface area contributed by atoms with Crippen molar-refractivity contribution in [3.8, 4) is 11.5 Å². The van der Waals surface area contributed by atoms with Crippen LogP contribution in [0.15, 0.2) is 53.3 Å². The molecule has 0 atom stereocenters. The molecule has 0 aliphatic rings. The molecule has 3 rings (SSSR count). The summed E-state index contributed by atoms with van der Waals surface area (Å²) in [6, 6.07) is 12.2. The molecule has 0 saturated heterocycles. The summed E-state index contributed by atoms with van der Waals surface area (Å²) in [6.45, 7) is 6.47. The molecule has 7 heteroatoms. The molecule has 0 aliphatic carbocycles. The summed E-state index contributed by atoms with van der Waals surface area (Å²) in [5, 5.41) is 0. The maximum Gasteiger partial charge on any atom is 0.331 e. The van der Waals surface area contributed by atoms with Crippen LogP contribution in [0.4, 0.5) is 0 Å². The molecule has 0 bridgehead atoms. The van der Waals surface area contributed by atoms with Crippen LogP contribution in [0.1, 0.15) is 30.8 Å². The van der Waals surface area contributed by atoms with Gasteiger partial charge in [0.2, 0.25) is 0 Å². The Morgan fingerprint density at radius 1 is 1.16 bits per heavy atom. The number of hydrogen-bond acceptors (Lipinski definition) is 6. The van der Waals surface area contributed by atoms with Gasteiger partial charge in [0.15, 0.2) is 11.5 Å². The first kappa shape index (κ1) is 22.1. The summed E-state index contributed by atoms with van der Waals surface area (Å²) in [5.41, 5.74) is 2.25. The van der Waals surface area contributed by atoms with Crippen molar-refractivity contribution in [1.29, 1.82) is 0 Å². The van der Waals surface area contributed by atoms with E-state index in [0.717, 1.165) is 11.3 Å². The van der Waals surface area contributed by atoms with Gasteiger partial charge in [-0.05, 0) is 48.7 Å². The average Bonchev–Trinajstić information content (AvgIpc) is 2.74. The van der Waals surface area contributed by atoms with Gasteiger partial charge in [-0.3, -0.25) is 9.20 Å². The smallest absolute Gasteiger partial charge is 0.331 e. The highest BCUT2D eigenvalue weighted by molar-refractivity contribution is 5.87. The van der Waals surface area contributed by atoms with E-state index >= 15 is 0 Å². The summed E-state index contributed by atoms with van der Waals surface area (Å²) >= 11 is 0. The van der Waals surface area contributed by atoms with Gasteiger partial charge < -0.3 is 14.2 Å². The lowest BCUT2D eigenvalue weighted by Gasteiger charge is -2.12. The van der Waals surface area contributed by atoms with Crippen LogP contribution in [0.25, 0.3) is 11.7 Å². The molecule has 162 valence electrons. The van der Waals surface area contributed by atoms with E-state index in [1.54, 1.807) is 31.4 Å². The van der Waals surface area contributed by atoms with Crippen molar-refractivity contribution in [2.24, 2.45) is 5.92 Å². The number of benzene rings is 1. The van der Waals surface area contributed by atoms with Crippen LogP contribution in [-0.4, -0.2) is 29.1 Å². The number of aryl methyl sites for hydroxylation is 1. The lowest BCUT2D eigenvalue weighted by molar-refractivity contribution is -0.139. The Bertz CT molecular complexity index is 1160. The van der Waals surface area contributed by atoms with E-state index in [-0.39, 0.29) is 12.2 Å². The van der Waals surface area contributed by atoms with Crippen molar-refractivity contribution in [3.05, 3.63) is 75.8 Å². The zero-order chi connectivity index (χ0) is 22.4. The van der Waals surface area contributed by atoms with Crippen molar-refractivity contribution in [2.75, 3.05) is 13.7 Å². The summed E-state index contributed by atoms with van der Waals surface area (Å²) in [7, 11) is 1.57. The molecular formula is C24H26N2O5. The van der Waals surface area contributed by atoms with Crippen LogP contribution in [0.3, 0.4) is 0 Å². The number of esters is 1. The Labute approximate surface area is 180 Å². The van der Waals surface area contributed by atoms with Gasteiger partial charge in [0.1, 0.15) is 12.3 Å². The third-order valence-electron chi connectivity index (χ3n) is 4.47. The first-order valence-electron chi connectivity index (χ1n) is 10.0. The molecule has 0 N–H and O–H groups in total. The summed E-state index contributed by atoms with van der Waals surface area (Å²) in [5.74, 6) is 1.11. The zero-order valence-corrected chi connectivity index (χ0v) is 18.1. The minimum absolute atomic E-state index is 0.0891. The van der Waals surface area contributed by atoms with Crippen molar-refractivity contribution < 1.29 is 19.0 Å². The topological polar surface area (TPSA) is 79.1 Å². The molecule has 0 fully saturated rings. The third-order valence-corrected chi connectivity index (χ3v) is 4.47. The largest absolute Gasteiger partial charge is 0.493 e. The molecule has 0 saturated carbocycles. The molecule has 0 aliphatic heterocycles. The lowest BCUT2D eigenvalue weighted by Crippen LogP contribution is -2.18. The van der Waals surface area contributed by atoms with Crippen LogP contribution in [0.2, 0.25) is 0 Å². The average molecular weight is 422 g/mol. The van der Waals surface area contributed by atoms with E-state index in [9.17, 15) is 9.59 Å². The summed E-state index contributed by atoms with van der Waals surface area (Å²) in [6.07, 6.45) is 2.95. The van der Waals surface area contributed by atoms with Gasteiger partial charge in [0.25, 0.3) is 5.56 Å². The van der Waals surface area contributed by atoms with Gasteiger partial charge in [0.05, 0.1) is 19.4 Å². The normalized spacial score (nSPS) is 11.3. The number of ether oxygens (including phenoxy) is 3. The van der Waals surface area contributed by atoms with Gasteiger partial charge in [-0.15, -0.1) is 0 Å². The minimum Gasteiger partial charge on any atom is -0.493 e. The van der Waals surface area contributed by atoms with E-state index in [2.05, 4.69) is 18.8 Å². The van der Waals surface area contributed by atoms with Crippen LogP contribution in [0, 0.1) is 12.8 Å². The highest BCUT2D eigenvalue weighted by atomic mass is 16.5. The third kappa shape index (κ3) is 5.72. The van der Waals surface area contributed by atoms with E-state index < -0.39 is 5.97 Å². The second-order valence-electron chi connectivity index (χ2n) is 7.50. The van der Waals surface area contributed by atoms with Crippen LogP contribution in [0.5, 0.6) is 11.5 Å². The van der Waals surface area contributed by atoms with E-state index in [4.69, 9.17) is 14.2 Å². The van der Waals surface area contributed by atoms with Crippen LogP contribution >= 0.6 is 0 Å². The first-order valence-corrected chi connectivity index (χ1v) is 10.0. The molecule has 0 unspecified atom stereocenters. The molecule has 0 amide bonds. The molecule has 0 spiro atoms. The second kappa shape index (κ2) is 9.93. The molecule has 0 radical (unpaired) electrons. The Morgan fingerprint density at radius 2 is 1.97 bits per heavy atom. The summed E-state index contributed by atoms with van der Waals surface area (Å²) in [4.78, 5) is 28.8. The maximum absolute atomic E-state index is 12.3. The highest BCUT2D eigenvalue weighted by Gasteiger charge is 2.08. The van der Waals surface area contributed by atoms with Gasteiger partial charge >= 0.3 is 5.97 Å². The van der Waals surface area contributed by atoms with E-state index in [1.165, 1.54) is 16.5 Å². The van der Waals surface area contributed by atoms with Crippen molar-refractivity contribution in [2.45, 2.75) is 27.4 Å². The number of rotatable bonds is 8. The number of hydrogen-bond donors (Lipinski definition) is 0. The maximum atomic E-state index is 12.3. The van der Waals surface area contributed by atoms with Crippen molar-refractivity contribution in [1.82, 2.24) is 9.38 Å². The van der Waals surface area contributed by atoms with E-state index in [1.807, 2.05) is 25.1 Å². The van der Waals surface area contributed by atoms with E-state index in [0.29, 0.717) is 35.4 Å². The van der Waals surface area contributed by atoms with Crippen molar-refractivity contribution >= 4 is 17.7 Å². The van der Waals surface area contributed by atoms with Gasteiger partial charge in [-0.2, -0.15) is 0 Å². The number of aromatic nitrogens is 2. The fraction of sp³-hybridized carbons (Fsp3) is 0.292. The molecule has 31 heavy (non-hydrogen) atoms. The Balaban J connectivity index is 1.64. The zero-order valence-electron chi connectivity index (χ0n) is 18.1. The predicted octanol–water partition coefficient (Wildman–Crippen LogP) is 3.80. The fourth-order valence-electron chi connectivity index (χ4n) is 2.96. The van der Waals surface area contributed by atoms with Gasteiger partial charge in [0, 0.05) is 17.8 Å². The molecular weight excluding hydrogens is 396 g/mol. The Morgan fingerprint density at radius 3 is 2.71 bits per heavy atom. The molecule has 7 nitrogen and oxygen atoms in total. The number of nitrogens with zero attached hydrogens (tertiary/aromatic N) is 2. The lowest BCUT2D eigenvalue weighted by atomic mass is 10.2.